The number of nitrogens with two attached hydrogens (primary N) is 2. The maximum absolute atomic E-state index is 13.8. The molecule has 65 heavy (non-hydrogen) atoms. The summed E-state index contributed by atoms with van der Waals surface area (Å²) in [6, 6.07) is 12.6. The number of hydrogen-bond acceptors (Lipinski definition) is 10. The van der Waals surface area contributed by atoms with Crippen LogP contribution in [0.15, 0.2) is 53.7 Å². The zero-order valence-electron chi connectivity index (χ0n) is 35.6. The highest BCUT2D eigenvalue weighted by Crippen LogP contribution is 2.47. The highest BCUT2D eigenvalue weighted by molar-refractivity contribution is 6.02. The largest absolute Gasteiger partial charge is 0.409 e. The van der Waals surface area contributed by atoms with Crippen LogP contribution in [0.3, 0.4) is 0 Å². The summed E-state index contributed by atoms with van der Waals surface area (Å²) >= 11 is 0. The summed E-state index contributed by atoms with van der Waals surface area (Å²) in [5.74, 6) is 5.20. The highest BCUT2D eigenvalue weighted by atomic mass is 35.5. The van der Waals surface area contributed by atoms with Crippen molar-refractivity contribution in [3.63, 3.8) is 0 Å². The van der Waals surface area contributed by atoms with E-state index in [1.165, 1.54) is 12.1 Å². The number of imidazole rings is 2. The van der Waals surface area contributed by atoms with Crippen LogP contribution in [0.25, 0.3) is 49.2 Å². The topological polar surface area (TPSA) is 211 Å². The van der Waals surface area contributed by atoms with Gasteiger partial charge in [0.2, 0.25) is 11.8 Å². The molecule has 4 aliphatic rings. The lowest BCUT2D eigenvalue weighted by Gasteiger charge is -2.31. The number of aromatic nitrogens is 6. The van der Waals surface area contributed by atoms with E-state index in [-0.39, 0.29) is 53.4 Å². The standard InChI is InChI=1S/C22H22F2N6O2.C22H19F2N5O.ClH.H3NO/c1-10-22(31)29(2)9-16-17(27-21(30(10)16)11-6-7-11)12-4-3-5-15-13(12)8-14(19(23)24)18(26-15)20(25)28-32;1-11-22(30)28(3)10-17-18(27-21(29(11)17)12-7-8-12)13-5-4-6-16-14(13)9-15(19(23)24)20(25-2)26-16;;1-2/h3-5,8,10-11,19,32H,6-7,9H2,1-2H3,(H2,25,28);4-6,9,11-12,19H,7-8,10H2,1,3H3;1H;2H,1H2. The molecular formula is C44H45ClF4N12O4. The third-order valence-electron chi connectivity index (χ3n) is 12.2. The van der Waals surface area contributed by atoms with E-state index in [0.29, 0.717) is 69.2 Å². The molecule has 0 bridgehead atoms. The van der Waals surface area contributed by atoms with Crippen molar-refractivity contribution in [2.45, 2.75) is 89.4 Å². The van der Waals surface area contributed by atoms with Gasteiger partial charge in [-0.25, -0.2) is 38.4 Å². The summed E-state index contributed by atoms with van der Waals surface area (Å²) in [5.41, 5.74) is 9.98. The van der Waals surface area contributed by atoms with Crippen LogP contribution in [0, 0.1) is 6.57 Å². The molecule has 2 aliphatic carbocycles. The smallest absolute Gasteiger partial charge is 0.279 e. The number of alkyl halides is 4. The molecule has 6 aromatic rings. The fraction of sp³-hybridized carbons (Fsp3) is 0.364. The zero-order chi connectivity index (χ0) is 45.9. The van der Waals surface area contributed by atoms with Gasteiger partial charge in [0.15, 0.2) is 11.4 Å². The number of rotatable bonds is 7. The Hall–Kier alpha value is -6.69. The molecular weight excluding hydrogens is 872 g/mol. The number of amidine groups is 1. The zero-order valence-corrected chi connectivity index (χ0v) is 36.4. The van der Waals surface area contributed by atoms with E-state index in [1.807, 2.05) is 35.1 Å². The number of carbonyl (C=O) groups is 2. The normalized spacial score (nSPS) is 18.2. The minimum atomic E-state index is -2.86. The second-order valence-corrected chi connectivity index (χ2v) is 16.3. The molecule has 6 heterocycles. The fourth-order valence-corrected chi connectivity index (χ4v) is 8.79. The molecule has 340 valence electrons. The van der Waals surface area contributed by atoms with Gasteiger partial charge >= 0.3 is 0 Å². The maximum atomic E-state index is 13.8. The van der Waals surface area contributed by atoms with E-state index < -0.39 is 24.2 Å². The van der Waals surface area contributed by atoms with Crippen LogP contribution in [0.2, 0.25) is 0 Å². The van der Waals surface area contributed by atoms with E-state index in [2.05, 4.69) is 25.9 Å². The van der Waals surface area contributed by atoms with E-state index in [4.69, 9.17) is 32.7 Å². The first-order valence-electron chi connectivity index (χ1n) is 20.5. The first-order valence-corrected chi connectivity index (χ1v) is 20.5. The van der Waals surface area contributed by atoms with Gasteiger partial charge in [0.25, 0.3) is 18.7 Å². The fourth-order valence-electron chi connectivity index (χ4n) is 8.79. The number of carbonyl (C=O) groups excluding carboxylic acids is 2. The van der Waals surface area contributed by atoms with Crippen molar-refractivity contribution in [2.24, 2.45) is 16.8 Å². The van der Waals surface area contributed by atoms with Crippen LogP contribution in [0.5, 0.6) is 0 Å². The molecule has 2 aliphatic heterocycles. The molecule has 2 amide bonds. The van der Waals surface area contributed by atoms with Crippen molar-refractivity contribution in [3.8, 4) is 22.5 Å². The summed E-state index contributed by atoms with van der Waals surface area (Å²) in [4.78, 5) is 50.0. The number of halogens is 5. The van der Waals surface area contributed by atoms with Crippen molar-refractivity contribution >= 4 is 57.7 Å². The van der Waals surface area contributed by atoms with E-state index in [9.17, 15) is 27.2 Å². The molecule has 10 rings (SSSR count). The number of benzene rings is 2. The number of fused-ring (bicyclic) bond motifs is 4. The predicted octanol–water partition coefficient (Wildman–Crippen LogP) is 8.29. The number of hydrogen-bond donors (Lipinski definition) is 4. The summed E-state index contributed by atoms with van der Waals surface area (Å²) in [5, 5.41) is 19.4. The third-order valence-corrected chi connectivity index (χ3v) is 12.2. The van der Waals surface area contributed by atoms with Crippen LogP contribution in [0.4, 0.5) is 23.4 Å². The monoisotopic (exact) mass is 916 g/mol. The van der Waals surface area contributed by atoms with Gasteiger partial charge in [-0.05, 0) is 63.8 Å². The van der Waals surface area contributed by atoms with E-state index >= 15 is 0 Å². The van der Waals surface area contributed by atoms with Gasteiger partial charge in [0, 0.05) is 59.0 Å². The molecule has 2 fully saturated rings. The number of amides is 2. The van der Waals surface area contributed by atoms with Gasteiger partial charge < -0.3 is 39.9 Å². The van der Waals surface area contributed by atoms with Crippen LogP contribution < -0.4 is 11.6 Å². The molecule has 2 saturated carbocycles. The first kappa shape index (κ1) is 46.3. The molecule has 2 atom stereocenters. The minimum absolute atomic E-state index is 0. The van der Waals surface area contributed by atoms with Crippen molar-refractivity contribution in [1.82, 2.24) is 38.9 Å². The number of likely N-dealkylation sites (N-methyl/N-ethyl adjacent to an activating group) is 2. The van der Waals surface area contributed by atoms with E-state index in [1.54, 1.807) is 48.2 Å². The Bertz CT molecular complexity index is 2930. The van der Waals surface area contributed by atoms with Gasteiger partial charge in [-0.15, -0.1) is 17.4 Å². The molecule has 4 aromatic heterocycles. The van der Waals surface area contributed by atoms with Crippen molar-refractivity contribution < 1.29 is 37.6 Å². The van der Waals surface area contributed by atoms with Crippen LogP contribution >= 0.6 is 12.4 Å². The lowest BCUT2D eigenvalue weighted by Crippen LogP contribution is -2.39. The van der Waals surface area contributed by atoms with Gasteiger partial charge in [-0.3, -0.25) is 9.59 Å². The summed E-state index contributed by atoms with van der Waals surface area (Å²) in [6.07, 6.45) is -1.55. The van der Waals surface area contributed by atoms with Gasteiger partial charge in [-0.1, -0.05) is 36.0 Å². The van der Waals surface area contributed by atoms with Crippen molar-refractivity contribution in [2.75, 3.05) is 14.1 Å². The first-order chi connectivity index (χ1) is 30.7. The Morgan fingerprint density at radius 1 is 0.754 bits per heavy atom. The number of nitrogens with zero attached hydrogens (tertiary/aromatic N) is 10. The second-order valence-electron chi connectivity index (χ2n) is 16.3. The second kappa shape index (κ2) is 18.1. The molecule has 0 radical (unpaired) electrons. The quantitative estimate of drug-likeness (QED) is 0.0301. The molecule has 16 nitrogen and oxygen atoms in total. The van der Waals surface area contributed by atoms with E-state index in [0.717, 1.165) is 48.7 Å². The molecule has 0 spiro atoms. The van der Waals surface area contributed by atoms with Crippen LogP contribution in [-0.2, 0) is 22.7 Å². The number of pyridine rings is 2. The minimum Gasteiger partial charge on any atom is -0.409 e. The Morgan fingerprint density at radius 2 is 1.18 bits per heavy atom. The average molecular weight is 917 g/mol. The summed E-state index contributed by atoms with van der Waals surface area (Å²) in [7, 11) is 3.51. The predicted molar refractivity (Wildman–Crippen MR) is 234 cm³/mol. The summed E-state index contributed by atoms with van der Waals surface area (Å²) < 4.78 is 58.8. The third kappa shape index (κ3) is 8.08. The Morgan fingerprint density at radius 3 is 1.58 bits per heavy atom. The lowest BCUT2D eigenvalue weighted by atomic mass is 10.00. The van der Waals surface area contributed by atoms with Gasteiger partial charge in [0.1, 0.15) is 29.4 Å². The molecule has 0 saturated heterocycles. The highest BCUT2D eigenvalue weighted by Gasteiger charge is 2.40. The van der Waals surface area contributed by atoms with Crippen LogP contribution in [-0.4, -0.2) is 81.0 Å². The van der Waals surface area contributed by atoms with Crippen molar-refractivity contribution in [3.05, 3.63) is 99.8 Å². The number of oxime groups is 1. The van der Waals surface area contributed by atoms with Gasteiger partial charge in [-0.2, -0.15) is 0 Å². The molecule has 2 aromatic carbocycles. The molecule has 6 N–H and O–H groups in total. The lowest BCUT2D eigenvalue weighted by molar-refractivity contribution is -0.136. The average Bonchev–Trinajstić information content (AvgIpc) is 4.25. The van der Waals surface area contributed by atoms with Gasteiger partial charge in [0.05, 0.1) is 41.4 Å². The Balaban J connectivity index is 0.000000184. The Labute approximate surface area is 375 Å². The maximum Gasteiger partial charge on any atom is 0.279 e. The SMILES string of the molecule is CC1C(=O)N(C)Cc2c(-c3cccc4nc(/C(N)=N/O)c(C(F)F)cc34)nc(C3CC3)n21.Cl.NO.[C-]#[N+]c1nc2cccc(-c3nc(C4CC4)n4c3CN(C)C(=O)C4C)c2cc1C(F)F. The van der Waals surface area contributed by atoms with Crippen LogP contribution in [0.1, 0.15) is 116 Å². The Kier molecular flexibility index (Phi) is 12.9. The van der Waals surface area contributed by atoms with Crippen molar-refractivity contribution in [1.29, 1.82) is 0 Å². The molecule has 2 unspecified atom stereocenters. The summed E-state index contributed by atoms with van der Waals surface area (Å²) in [6.45, 7) is 11.7. The molecule has 21 heteroatoms.